The monoisotopic (exact) mass is 356 g/mol. The van der Waals surface area contributed by atoms with E-state index >= 15 is 0 Å². The molecule has 26 heavy (non-hydrogen) atoms. The molecule has 2 amide bonds. The fourth-order valence-electron chi connectivity index (χ4n) is 2.66. The predicted octanol–water partition coefficient (Wildman–Crippen LogP) is 2.51. The molecule has 0 atom stereocenters. The Kier molecular flexibility index (Phi) is 5.65. The van der Waals surface area contributed by atoms with Gasteiger partial charge in [0, 0.05) is 31.5 Å². The molecule has 1 aliphatic carbocycles. The van der Waals surface area contributed by atoms with Crippen LogP contribution in [0.3, 0.4) is 0 Å². The maximum absolute atomic E-state index is 12.8. The number of carbonyl (C=O) groups is 2. The molecular formula is C19H24N4O3. The Bertz CT molecular complexity index is 753. The van der Waals surface area contributed by atoms with Crippen molar-refractivity contribution in [3.05, 3.63) is 47.6 Å². The molecule has 1 saturated carbocycles. The molecular weight excluding hydrogens is 332 g/mol. The highest BCUT2D eigenvalue weighted by molar-refractivity contribution is 5.94. The number of nitrogens with one attached hydrogen (secondary N) is 1. The van der Waals surface area contributed by atoms with Crippen LogP contribution in [0.5, 0.6) is 0 Å². The van der Waals surface area contributed by atoms with Crippen molar-refractivity contribution >= 4 is 11.8 Å². The summed E-state index contributed by atoms with van der Waals surface area (Å²) in [5, 5.41) is 6.70. The summed E-state index contributed by atoms with van der Waals surface area (Å²) in [6, 6.07) is 5.07. The summed E-state index contributed by atoms with van der Waals surface area (Å²) in [6.45, 7) is 5.59. The van der Waals surface area contributed by atoms with E-state index in [4.69, 9.17) is 4.52 Å². The number of hydrogen-bond acceptors (Lipinski definition) is 5. The molecule has 3 rings (SSSR count). The molecule has 0 radical (unpaired) electrons. The zero-order valence-corrected chi connectivity index (χ0v) is 15.1. The van der Waals surface area contributed by atoms with Crippen LogP contribution in [0.2, 0.25) is 0 Å². The Balaban J connectivity index is 1.66. The fourth-order valence-corrected chi connectivity index (χ4v) is 2.66. The molecule has 0 aliphatic heterocycles. The van der Waals surface area contributed by atoms with E-state index in [9.17, 15) is 9.59 Å². The van der Waals surface area contributed by atoms with Gasteiger partial charge in [-0.3, -0.25) is 14.6 Å². The lowest BCUT2D eigenvalue weighted by Crippen LogP contribution is -2.33. The third kappa shape index (κ3) is 4.91. The standard InChI is InChI=1S/C19H24N4O3/c1-13(2)11-23(19(25)15-4-3-7-20-10-15)12-16-8-17(22-26-16)18(24)21-9-14-5-6-14/h3-4,7-8,10,13-14H,5-6,9,11-12H2,1-2H3,(H,21,24). The lowest BCUT2D eigenvalue weighted by molar-refractivity contribution is 0.0705. The highest BCUT2D eigenvalue weighted by atomic mass is 16.5. The first-order valence-corrected chi connectivity index (χ1v) is 8.96. The summed E-state index contributed by atoms with van der Waals surface area (Å²) in [6.07, 6.45) is 5.52. The van der Waals surface area contributed by atoms with Gasteiger partial charge in [-0.25, -0.2) is 0 Å². The normalized spacial score (nSPS) is 13.7. The SMILES string of the molecule is CC(C)CN(Cc1cc(C(=O)NCC2CC2)no1)C(=O)c1cccnc1. The van der Waals surface area contributed by atoms with Crippen molar-refractivity contribution in [1.82, 2.24) is 20.4 Å². The second kappa shape index (κ2) is 8.12. The van der Waals surface area contributed by atoms with Gasteiger partial charge in [-0.05, 0) is 36.8 Å². The zero-order chi connectivity index (χ0) is 18.5. The summed E-state index contributed by atoms with van der Waals surface area (Å²) in [4.78, 5) is 30.5. The van der Waals surface area contributed by atoms with Gasteiger partial charge >= 0.3 is 0 Å². The largest absolute Gasteiger partial charge is 0.359 e. The highest BCUT2D eigenvalue weighted by Gasteiger charge is 2.24. The van der Waals surface area contributed by atoms with Crippen LogP contribution >= 0.6 is 0 Å². The third-order valence-electron chi connectivity index (χ3n) is 4.17. The van der Waals surface area contributed by atoms with Crippen molar-refractivity contribution in [2.45, 2.75) is 33.2 Å². The molecule has 2 aromatic rings. The summed E-state index contributed by atoms with van der Waals surface area (Å²) in [5.74, 6) is 1.02. The van der Waals surface area contributed by atoms with Crippen molar-refractivity contribution in [2.75, 3.05) is 13.1 Å². The van der Waals surface area contributed by atoms with Gasteiger partial charge in [0.05, 0.1) is 12.1 Å². The maximum Gasteiger partial charge on any atom is 0.273 e. The molecule has 7 nitrogen and oxygen atoms in total. The van der Waals surface area contributed by atoms with E-state index in [2.05, 4.69) is 15.5 Å². The van der Waals surface area contributed by atoms with Crippen LogP contribution in [0.4, 0.5) is 0 Å². The smallest absolute Gasteiger partial charge is 0.273 e. The molecule has 7 heteroatoms. The molecule has 0 spiro atoms. The number of pyridine rings is 1. The van der Waals surface area contributed by atoms with Crippen LogP contribution < -0.4 is 5.32 Å². The van der Waals surface area contributed by atoms with Gasteiger partial charge < -0.3 is 14.7 Å². The van der Waals surface area contributed by atoms with E-state index in [1.807, 2.05) is 13.8 Å². The van der Waals surface area contributed by atoms with Crippen molar-refractivity contribution in [3.63, 3.8) is 0 Å². The van der Waals surface area contributed by atoms with Crippen LogP contribution in [0.25, 0.3) is 0 Å². The third-order valence-corrected chi connectivity index (χ3v) is 4.17. The second-order valence-corrected chi connectivity index (χ2v) is 7.15. The molecule has 138 valence electrons. The Morgan fingerprint density at radius 2 is 2.19 bits per heavy atom. The molecule has 1 fully saturated rings. The summed E-state index contributed by atoms with van der Waals surface area (Å²) in [5.41, 5.74) is 0.772. The van der Waals surface area contributed by atoms with Crippen molar-refractivity contribution in [1.29, 1.82) is 0 Å². The van der Waals surface area contributed by atoms with E-state index < -0.39 is 0 Å². The molecule has 0 bridgehead atoms. The number of carbonyl (C=O) groups excluding carboxylic acids is 2. The summed E-state index contributed by atoms with van der Waals surface area (Å²) >= 11 is 0. The van der Waals surface area contributed by atoms with Crippen LogP contribution in [-0.2, 0) is 6.54 Å². The van der Waals surface area contributed by atoms with Crippen molar-refractivity contribution in [3.8, 4) is 0 Å². The lowest BCUT2D eigenvalue weighted by Gasteiger charge is -2.23. The fraction of sp³-hybridized carbons (Fsp3) is 0.474. The zero-order valence-electron chi connectivity index (χ0n) is 15.1. The Morgan fingerprint density at radius 1 is 1.38 bits per heavy atom. The van der Waals surface area contributed by atoms with Gasteiger partial charge in [-0.1, -0.05) is 19.0 Å². The predicted molar refractivity (Wildman–Crippen MR) is 95.4 cm³/mol. The van der Waals surface area contributed by atoms with Crippen LogP contribution in [0.15, 0.2) is 35.1 Å². The minimum Gasteiger partial charge on any atom is -0.359 e. The molecule has 0 unspecified atom stereocenters. The number of rotatable bonds is 8. The van der Waals surface area contributed by atoms with Gasteiger partial charge in [0.1, 0.15) is 0 Å². The van der Waals surface area contributed by atoms with Gasteiger partial charge in [0.2, 0.25) is 0 Å². The topological polar surface area (TPSA) is 88.3 Å². The van der Waals surface area contributed by atoms with Crippen LogP contribution in [0.1, 0.15) is 53.3 Å². The van der Waals surface area contributed by atoms with Gasteiger partial charge in [-0.2, -0.15) is 0 Å². The second-order valence-electron chi connectivity index (χ2n) is 7.15. The average molecular weight is 356 g/mol. The minimum atomic E-state index is -0.235. The molecule has 0 saturated heterocycles. The van der Waals surface area contributed by atoms with Crippen molar-refractivity contribution < 1.29 is 14.1 Å². The lowest BCUT2D eigenvalue weighted by atomic mass is 10.1. The van der Waals surface area contributed by atoms with E-state index in [-0.39, 0.29) is 24.1 Å². The maximum atomic E-state index is 12.8. The molecule has 1 aliphatic rings. The quantitative estimate of drug-likeness (QED) is 0.785. The van der Waals surface area contributed by atoms with Gasteiger partial charge in [-0.15, -0.1) is 0 Å². The average Bonchev–Trinajstić information content (AvgIpc) is 3.35. The van der Waals surface area contributed by atoms with E-state index in [0.717, 1.165) is 0 Å². The molecule has 1 N–H and O–H groups in total. The van der Waals surface area contributed by atoms with Crippen LogP contribution in [-0.4, -0.2) is 39.9 Å². The molecule has 0 aromatic carbocycles. The van der Waals surface area contributed by atoms with E-state index in [1.165, 1.54) is 12.8 Å². The number of nitrogens with zero attached hydrogens (tertiary/aromatic N) is 3. The Labute approximate surface area is 152 Å². The molecule has 2 heterocycles. The summed E-state index contributed by atoms with van der Waals surface area (Å²) < 4.78 is 5.29. The van der Waals surface area contributed by atoms with E-state index in [0.29, 0.717) is 36.2 Å². The van der Waals surface area contributed by atoms with E-state index in [1.54, 1.807) is 35.5 Å². The first kappa shape index (κ1) is 18.1. The van der Waals surface area contributed by atoms with Gasteiger partial charge in [0.15, 0.2) is 11.5 Å². The number of aromatic nitrogens is 2. The number of hydrogen-bond donors (Lipinski definition) is 1. The first-order chi connectivity index (χ1) is 12.5. The Hall–Kier alpha value is -2.70. The molecule has 2 aromatic heterocycles. The van der Waals surface area contributed by atoms with Crippen molar-refractivity contribution in [2.24, 2.45) is 11.8 Å². The summed E-state index contributed by atoms with van der Waals surface area (Å²) in [7, 11) is 0. The van der Waals surface area contributed by atoms with Gasteiger partial charge in [0.25, 0.3) is 11.8 Å². The minimum absolute atomic E-state index is 0.122. The Morgan fingerprint density at radius 3 is 2.85 bits per heavy atom. The highest BCUT2D eigenvalue weighted by Crippen LogP contribution is 2.27. The first-order valence-electron chi connectivity index (χ1n) is 8.96. The van der Waals surface area contributed by atoms with Crippen LogP contribution in [0, 0.1) is 11.8 Å². The number of amides is 2.